The summed E-state index contributed by atoms with van der Waals surface area (Å²) in [6.45, 7) is 2.88. The first kappa shape index (κ1) is 17.6. The van der Waals surface area contributed by atoms with Crippen molar-refractivity contribution in [3.8, 4) is 0 Å². The van der Waals surface area contributed by atoms with Gasteiger partial charge in [0, 0.05) is 26.6 Å². The van der Waals surface area contributed by atoms with Crippen LogP contribution in [-0.4, -0.2) is 45.9 Å². The van der Waals surface area contributed by atoms with Crippen LogP contribution in [0.15, 0.2) is 29.2 Å². The van der Waals surface area contributed by atoms with Crippen LogP contribution in [0.5, 0.6) is 0 Å². The fraction of sp³-hybridized carbons (Fsp3) is 0.500. The Hall–Kier alpha value is -1.44. The lowest BCUT2D eigenvalue weighted by Gasteiger charge is -2.17. The standard InChI is InChI=1S/C14H23N3O3S/c1-12-5-7-13(8-6-12)21(19,20)16-10-11-17(2)14(18)4-3-9-15/h5-8,16H,3-4,9-11,15H2,1-2H3. The zero-order chi connectivity index (χ0) is 15.9. The second-order valence-corrected chi connectivity index (χ2v) is 6.69. The summed E-state index contributed by atoms with van der Waals surface area (Å²) < 4.78 is 26.6. The van der Waals surface area contributed by atoms with E-state index < -0.39 is 10.0 Å². The van der Waals surface area contributed by atoms with E-state index in [1.807, 2.05) is 6.92 Å². The predicted octanol–water partition coefficient (Wildman–Crippen LogP) is 0.471. The number of carbonyl (C=O) groups excluding carboxylic acids is 1. The number of nitrogens with zero attached hydrogens (tertiary/aromatic N) is 1. The summed E-state index contributed by atoms with van der Waals surface area (Å²) in [5, 5.41) is 0. The molecule has 0 spiro atoms. The third-order valence-corrected chi connectivity index (χ3v) is 4.57. The lowest BCUT2D eigenvalue weighted by molar-refractivity contribution is -0.129. The van der Waals surface area contributed by atoms with Gasteiger partial charge in [-0.25, -0.2) is 13.1 Å². The van der Waals surface area contributed by atoms with Crippen molar-refractivity contribution in [1.29, 1.82) is 0 Å². The maximum Gasteiger partial charge on any atom is 0.240 e. The van der Waals surface area contributed by atoms with E-state index in [4.69, 9.17) is 5.73 Å². The number of aryl methyl sites for hydroxylation is 1. The summed E-state index contributed by atoms with van der Waals surface area (Å²) in [5.41, 5.74) is 6.35. The van der Waals surface area contributed by atoms with Crippen molar-refractivity contribution < 1.29 is 13.2 Å². The molecule has 0 aromatic heterocycles. The number of likely N-dealkylation sites (N-methyl/N-ethyl adjacent to an activating group) is 1. The van der Waals surface area contributed by atoms with Gasteiger partial charge in [-0.15, -0.1) is 0 Å². The van der Waals surface area contributed by atoms with Crippen molar-refractivity contribution in [1.82, 2.24) is 9.62 Å². The molecule has 0 heterocycles. The van der Waals surface area contributed by atoms with Gasteiger partial charge in [-0.2, -0.15) is 0 Å². The SMILES string of the molecule is Cc1ccc(S(=O)(=O)NCCN(C)C(=O)CCCN)cc1. The van der Waals surface area contributed by atoms with E-state index >= 15 is 0 Å². The largest absolute Gasteiger partial charge is 0.344 e. The summed E-state index contributed by atoms with van der Waals surface area (Å²) in [5.74, 6) is -0.0324. The van der Waals surface area contributed by atoms with Gasteiger partial charge >= 0.3 is 0 Å². The van der Waals surface area contributed by atoms with Crippen molar-refractivity contribution in [2.45, 2.75) is 24.7 Å². The van der Waals surface area contributed by atoms with Crippen LogP contribution < -0.4 is 10.5 Å². The number of nitrogens with two attached hydrogens (primary N) is 1. The van der Waals surface area contributed by atoms with Crippen LogP contribution in [0.4, 0.5) is 0 Å². The van der Waals surface area contributed by atoms with Gasteiger partial charge in [0.05, 0.1) is 4.90 Å². The maximum absolute atomic E-state index is 12.0. The molecule has 7 heteroatoms. The van der Waals surface area contributed by atoms with Crippen LogP contribution in [0.2, 0.25) is 0 Å². The molecular weight excluding hydrogens is 290 g/mol. The Labute approximate surface area is 126 Å². The number of amides is 1. The molecule has 0 fully saturated rings. The lowest BCUT2D eigenvalue weighted by atomic mass is 10.2. The number of hydrogen-bond acceptors (Lipinski definition) is 4. The summed E-state index contributed by atoms with van der Waals surface area (Å²) in [7, 11) is -1.87. The highest BCUT2D eigenvalue weighted by molar-refractivity contribution is 7.89. The number of rotatable bonds is 8. The monoisotopic (exact) mass is 313 g/mol. The quantitative estimate of drug-likeness (QED) is 0.730. The van der Waals surface area contributed by atoms with E-state index in [2.05, 4.69) is 4.72 Å². The fourth-order valence-corrected chi connectivity index (χ4v) is 2.74. The average Bonchev–Trinajstić information content (AvgIpc) is 2.44. The molecule has 6 nitrogen and oxygen atoms in total. The minimum atomic E-state index is -3.52. The molecule has 1 amide bonds. The van der Waals surface area contributed by atoms with E-state index in [9.17, 15) is 13.2 Å². The first-order chi connectivity index (χ1) is 9.86. The first-order valence-electron chi connectivity index (χ1n) is 6.87. The lowest BCUT2D eigenvalue weighted by Crippen LogP contribution is -2.36. The Morgan fingerprint density at radius 3 is 2.48 bits per heavy atom. The Bertz CT molecular complexity index is 555. The molecule has 3 N–H and O–H groups in total. The van der Waals surface area contributed by atoms with E-state index in [0.29, 0.717) is 25.9 Å². The summed E-state index contributed by atoms with van der Waals surface area (Å²) in [6, 6.07) is 6.62. The highest BCUT2D eigenvalue weighted by Gasteiger charge is 2.14. The molecule has 0 saturated heterocycles. The molecule has 0 unspecified atom stereocenters. The Morgan fingerprint density at radius 2 is 1.90 bits per heavy atom. The van der Waals surface area contributed by atoms with Crippen LogP contribution in [0.3, 0.4) is 0 Å². The van der Waals surface area contributed by atoms with Crippen LogP contribution in [0.25, 0.3) is 0 Å². The van der Waals surface area contributed by atoms with E-state index in [0.717, 1.165) is 5.56 Å². The van der Waals surface area contributed by atoms with Crippen molar-refractivity contribution in [3.05, 3.63) is 29.8 Å². The van der Waals surface area contributed by atoms with Crippen LogP contribution in [0, 0.1) is 6.92 Å². The molecule has 118 valence electrons. The van der Waals surface area contributed by atoms with Gasteiger partial charge in [0.15, 0.2) is 0 Å². The number of carbonyl (C=O) groups is 1. The van der Waals surface area contributed by atoms with E-state index in [-0.39, 0.29) is 17.3 Å². The third-order valence-electron chi connectivity index (χ3n) is 3.09. The van der Waals surface area contributed by atoms with Gasteiger partial charge in [-0.3, -0.25) is 4.79 Å². The topological polar surface area (TPSA) is 92.5 Å². The Balaban J connectivity index is 2.47. The molecular formula is C14H23N3O3S. The maximum atomic E-state index is 12.0. The summed E-state index contributed by atoms with van der Waals surface area (Å²) >= 11 is 0. The number of benzene rings is 1. The molecule has 1 rings (SSSR count). The molecule has 0 radical (unpaired) electrons. The van der Waals surface area contributed by atoms with Gasteiger partial charge in [-0.05, 0) is 32.0 Å². The van der Waals surface area contributed by atoms with Crippen molar-refractivity contribution in [2.75, 3.05) is 26.7 Å². The summed E-state index contributed by atoms with van der Waals surface area (Å²) in [6.07, 6.45) is 1.02. The Morgan fingerprint density at radius 1 is 1.29 bits per heavy atom. The molecule has 0 aliphatic carbocycles. The normalized spacial score (nSPS) is 11.4. The fourth-order valence-electron chi connectivity index (χ4n) is 1.72. The minimum absolute atomic E-state index is 0.0324. The van der Waals surface area contributed by atoms with Gasteiger partial charge in [0.1, 0.15) is 0 Å². The minimum Gasteiger partial charge on any atom is -0.344 e. The van der Waals surface area contributed by atoms with Crippen LogP contribution in [-0.2, 0) is 14.8 Å². The summed E-state index contributed by atoms with van der Waals surface area (Å²) in [4.78, 5) is 13.4. The number of sulfonamides is 1. The molecule has 0 bridgehead atoms. The van der Waals surface area contributed by atoms with Gasteiger partial charge in [0.2, 0.25) is 15.9 Å². The van der Waals surface area contributed by atoms with Crippen LogP contribution in [0.1, 0.15) is 18.4 Å². The Kier molecular flexibility index (Phi) is 6.80. The third kappa shape index (κ3) is 5.82. The first-order valence-corrected chi connectivity index (χ1v) is 8.35. The molecule has 0 aliphatic rings. The van der Waals surface area contributed by atoms with Crippen molar-refractivity contribution in [3.63, 3.8) is 0 Å². The molecule has 0 saturated carbocycles. The molecule has 21 heavy (non-hydrogen) atoms. The second-order valence-electron chi connectivity index (χ2n) is 4.92. The molecule has 1 aromatic carbocycles. The molecule has 0 aliphatic heterocycles. The van der Waals surface area contributed by atoms with Crippen LogP contribution >= 0.6 is 0 Å². The van der Waals surface area contributed by atoms with Gasteiger partial charge in [-0.1, -0.05) is 17.7 Å². The second kappa shape index (κ2) is 8.11. The zero-order valence-electron chi connectivity index (χ0n) is 12.5. The van der Waals surface area contributed by atoms with Crippen molar-refractivity contribution >= 4 is 15.9 Å². The smallest absolute Gasteiger partial charge is 0.240 e. The predicted molar refractivity (Wildman–Crippen MR) is 82.3 cm³/mol. The molecule has 1 aromatic rings. The van der Waals surface area contributed by atoms with Gasteiger partial charge < -0.3 is 10.6 Å². The number of nitrogens with one attached hydrogen (secondary N) is 1. The highest BCUT2D eigenvalue weighted by Crippen LogP contribution is 2.09. The van der Waals surface area contributed by atoms with Crippen molar-refractivity contribution in [2.24, 2.45) is 5.73 Å². The highest BCUT2D eigenvalue weighted by atomic mass is 32.2. The average molecular weight is 313 g/mol. The van der Waals surface area contributed by atoms with Gasteiger partial charge in [0.25, 0.3) is 0 Å². The van der Waals surface area contributed by atoms with E-state index in [1.165, 1.54) is 4.90 Å². The van der Waals surface area contributed by atoms with E-state index in [1.54, 1.807) is 31.3 Å². The zero-order valence-corrected chi connectivity index (χ0v) is 13.3. The number of hydrogen-bond donors (Lipinski definition) is 2. The molecule has 0 atom stereocenters.